The van der Waals surface area contributed by atoms with Crippen LogP contribution in [0.3, 0.4) is 0 Å². The zero-order valence-corrected chi connectivity index (χ0v) is 7.52. The van der Waals surface area contributed by atoms with E-state index in [4.69, 9.17) is 5.73 Å². The van der Waals surface area contributed by atoms with Gasteiger partial charge in [-0.3, -0.25) is 4.90 Å². The molecule has 0 saturated carbocycles. The van der Waals surface area contributed by atoms with Crippen molar-refractivity contribution < 1.29 is 4.39 Å². The molecule has 0 spiro atoms. The van der Waals surface area contributed by atoms with Gasteiger partial charge in [0.05, 0.1) is 0 Å². The van der Waals surface area contributed by atoms with Crippen LogP contribution in [-0.4, -0.2) is 30.8 Å². The van der Waals surface area contributed by atoms with E-state index < -0.39 is 0 Å². The Bertz CT molecular complexity index is 78.2. The Kier molecular flexibility index (Phi) is 6.46. The van der Waals surface area contributed by atoms with Crippen LogP contribution in [0.15, 0.2) is 0 Å². The van der Waals surface area contributed by atoms with Crippen LogP contribution in [0, 0.1) is 0 Å². The zero-order valence-electron chi connectivity index (χ0n) is 7.52. The average Bonchev–Trinajstić information content (AvgIpc) is 2.54. The van der Waals surface area contributed by atoms with Gasteiger partial charge in [0.15, 0.2) is 0 Å². The molecule has 0 aromatic heterocycles. The van der Waals surface area contributed by atoms with Crippen molar-refractivity contribution in [1.82, 2.24) is 4.90 Å². The van der Waals surface area contributed by atoms with Crippen LogP contribution in [-0.2, 0) is 0 Å². The summed E-state index contributed by atoms with van der Waals surface area (Å²) in [6.07, 6.45) is 2.17. The van der Waals surface area contributed by atoms with Crippen molar-refractivity contribution in [2.45, 2.75) is 32.7 Å². The third kappa shape index (κ3) is 3.16. The van der Waals surface area contributed by atoms with Crippen LogP contribution in [0.2, 0.25) is 0 Å². The van der Waals surface area contributed by atoms with Gasteiger partial charge in [-0.05, 0) is 12.8 Å². The highest BCUT2D eigenvalue weighted by Gasteiger charge is 2.21. The highest BCUT2D eigenvalue weighted by molar-refractivity contribution is 4.77. The van der Waals surface area contributed by atoms with Crippen molar-refractivity contribution in [2.24, 2.45) is 5.73 Å². The molecule has 1 atom stereocenters. The van der Waals surface area contributed by atoms with Gasteiger partial charge in [-0.25, -0.2) is 4.39 Å². The van der Waals surface area contributed by atoms with E-state index in [-0.39, 0.29) is 6.80 Å². The van der Waals surface area contributed by atoms with Gasteiger partial charge in [0.2, 0.25) is 0 Å². The molecule has 1 rings (SSSR count). The number of likely N-dealkylation sites (tertiary alicyclic amines) is 1. The normalized spacial score (nSPS) is 24.5. The summed E-state index contributed by atoms with van der Waals surface area (Å²) in [7, 11) is 0. The van der Waals surface area contributed by atoms with E-state index in [0.29, 0.717) is 12.6 Å². The van der Waals surface area contributed by atoms with Crippen molar-refractivity contribution in [3.8, 4) is 0 Å². The molecule has 3 heteroatoms. The van der Waals surface area contributed by atoms with Crippen molar-refractivity contribution in [1.29, 1.82) is 0 Å². The summed E-state index contributed by atoms with van der Waals surface area (Å²) in [6, 6.07) is 0.315. The largest absolute Gasteiger partial charge is 0.329 e. The van der Waals surface area contributed by atoms with Gasteiger partial charge in [-0.2, -0.15) is 0 Å². The number of halogens is 1. The second-order valence-electron chi connectivity index (χ2n) is 2.46. The van der Waals surface area contributed by atoms with E-state index in [0.717, 1.165) is 19.4 Å². The molecule has 68 valence electrons. The number of hydrogen-bond acceptors (Lipinski definition) is 2. The van der Waals surface area contributed by atoms with E-state index in [9.17, 15) is 4.39 Å². The van der Waals surface area contributed by atoms with E-state index in [1.54, 1.807) is 4.90 Å². The molecule has 1 aliphatic rings. The number of hydrogen-bond donors (Lipinski definition) is 1. The van der Waals surface area contributed by atoms with Gasteiger partial charge in [-0.15, -0.1) is 0 Å². The zero-order chi connectivity index (χ0) is 8.69. The number of rotatable bonds is 2. The topological polar surface area (TPSA) is 29.3 Å². The lowest BCUT2D eigenvalue weighted by atomic mass is 10.2. The molecule has 0 aliphatic carbocycles. The molecule has 0 radical (unpaired) electrons. The maximum absolute atomic E-state index is 12.0. The van der Waals surface area contributed by atoms with Crippen molar-refractivity contribution in [3.05, 3.63) is 0 Å². The molecule has 0 aromatic carbocycles. The minimum Gasteiger partial charge on any atom is -0.329 e. The van der Waals surface area contributed by atoms with E-state index in [2.05, 4.69) is 0 Å². The Morgan fingerprint density at radius 3 is 2.55 bits per heavy atom. The first kappa shape index (κ1) is 10.8. The Balaban J connectivity index is 0.000000461. The van der Waals surface area contributed by atoms with Crippen LogP contribution < -0.4 is 5.73 Å². The molecule has 2 nitrogen and oxygen atoms in total. The van der Waals surface area contributed by atoms with Crippen LogP contribution in [0.4, 0.5) is 4.39 Å². The molecule has 1 aliphatic heterocycles. The second kappa shape index (κ2) is 6.55. The lowest BCUT2D eigenvalue weighted by molar-refractivity contribution is 0.174. The molecule has 1 heterocycles. The predicted molar refractivity (Wildman–Crippen MR) is 46.1 cm³/mol. The summed E-state index contributed by atoms with van der Waals surface area (Å²) in [4.78, 5) is 1.79. The first-order valence-electron chi connectivity index (χ1n) is 4.38. The molecule has 0 bridgehead atoms. The maximum atomic E-state index is 12.0. The standard InChI is InChI=1S/C6H13FN2.C2H6/c7-5-9-3-1-2-6(9)4-8;1-2/h6H,1-5,8H2;1-2H3. The number of nitrogens with two attached hydrogens (primary N) is 1. The van der Waals surface area contributed by atoms with Crippen LogP contribution >= 0.6 is 0 Å². The number of alkyl halides is 1. The first-order valence-corrected chi connectivity index (χ1v) is 4.38. The maximum Gasteiger partial charge on any atom is 0.143 e. The molecule has 11 heavy (non-hydrogen) atoms. The van der Waals surface area contributed by atoms with E-state index in [1.807, 2.05) is 13.8 Å². The van der Waals surface area contributed by atoms with Gasteiger partial charge in [-0.1, -0.05) is 13.8 Å². The Morgan fingerprint density at radius 2 is 2.18 bits per heavy atom. The summed E-state index contributed by atoms with van der Waals surface area (Å²) in [5.41, 5.74) is 5.39. The predicted octanol–water partition coefficient (Wildman–Crippen LogP) is 1.36. The quantitative estimate of drug-likeness (QED) is 0.621. The molecule has 0 amide bonds. The average molecular weight is 162 g/mol. The summed E-state index contributed by atoms with van der Waals surface area (Å²) in [6.45, 7) is 5.16. The lowest BCUT2D eigenvalue weighted by Gasteiger charge is -2.18. The van der Waals surface area contributed by atoms with Crippen molar-refractivity contribution in [3.63, 3.8) is 0 Å². The van der Waals surface area contributed by atoms with Gasteiger partial charge in [0, 0.05) is 19.1 Å². The molecular formula is C8H19FN2. The van der Waals surface area contributed by atoms with Crippen LogP contribution in [0.5, 0.6) is 0 Å². The lowest BCUT2D eigenvalue weighted by Crippen LogP contribution is -2.34. The molecule has 1 fully saturated rings. The first-order chi connectivity index (χ1) is 5.38. The Morgan fingerprint density at radius 1 is 1.55 bits per heavy atom. The SMILES string of the molecule is CC.NCC1CCCN1CF. The second-order valence-corrected chi connectivity index (χ2v) is 2.46. The Hall–Kier alpha value is -0.150. The van der Waals surface area contributed by atoms with Gasteiger partial charge >= 0.3 is 0 Å². The molecule has 0 aromatic rings. The van der Waals surface area contributed by atoms with Gasteiger partial charge in [0.1, 0.15) is 6.80 Å². The fourth-order valence-electron chi connectivity index (χ4n) is 1.32. The smallest absolute Gasteiger partial charge is 0.143 e. The van der Waals surface area contributed by atoms with Crippen LogP contribution in [0.1, 0.15) is 26.7 Å². The third-order valence-electron chi connectivity index (χ3n) is 1.92. The fraction of sp³-hybridized carbons (Fsp3) is 1.00. The highest BCUT2D eigenvalue weighted by Crippen LogP contribution is 2.14. The Labute approximate surface area is 68.6 Å². The molecule has 1 saturated heterocycles. The van der Waals surface area contributed by atoms with E-state index in [1.165, 1.54) is 0 Å². The summed E-state index contributed by atoms with van der Waals surface area (Å²) in [5.74, 6) is 0. The minimum atomic E-state index is -0.331. The van der Waals surface area contributed by atoms with Crippen molar-refractivity contribution >= 4 is 0 Å². The van der Waals surface area contributed by atoms with Gasteiger partial charge < -0.3 is 5.73 Å². The van der Waals surface area contributed by atoms with Crippen LogP contribution in [0.25, 0.3) is 0 Å². The molecule has 2 N–H and O–H groups in total. The summed E-state index contributed by atoms with van der Waals surface area (Å²) < 4.78 is 12.0. The third-order valence-corrected chi connectivity index (χ3v) is 1.92. The molecule has 1 unspecified atom stereocenters. The fourth-order valence-corrected chi connectivity index (χ4v) is 1.32. The van der Waals surface area contributed by atoms with Crippen molar-refractivity contribution in [2.75, 3.05) is 19.9 Å². The monoisotopic (exact) mass is 162 g/mol. The highest BCUT2D eigenvalue weighted by atomic mass is 19.1. The molecular weight excluding hydrogens is 143 g/mol. The number of nitrogens with zero attached hydrogens (tertiary/aromatic N) is 1. The van der Waals surface area contributed by atoms with E-state index >= 15 is 0 Å². The summed E-state index contributed by atoms with van der Waals surface area (Å²) >= 11 is 0. The summed E-state index contributed by atoms with van der Waals surface area (Å²) in [5, 5.41) is 0. The van der Waals surface area contributed by atoms with Gasteiger partial charge in [0.25, 0.3) is 0 Å². The minimum absolute atomic E-state index is 0.315.